The zero-order valence-corrected chi connectivity index (χ0v) is 6.62. The van der Waals surface area contributed by atoms with Crippen LogP contribution in [0.15, 0.2) is 11.1 Å². The van der Waals surface area contributed by atoms with E-state index in [-0.39, 0.29) is 6.10 Å². The van der Waals surface area contributed by atoms with Crippen LogP contribution in [0.3, 0.4) is 0 Å². The fraction of sp³-hybridized carbons (Fsp3) is 0.500. The van der Waals surface area contributed by atoms with Gasteiger partial charge in [0, 0.05) is 12.0 Å². The molecule has 0 amide bonds. The highest BCUT2D eigenvalue weighted by Gasteiger charge is 2.34. The van der Waals surface area contributed by atoms with Crippen LogP contribution < -0.4 is 0 Å². The minimum Gasteiger partial charge on any atom is -0.386 e. The second-order valence-corrected chi connectivity index (χ2v) is 2.94. The maximum Gasteiger partial charge on any atom is 0.342 e. The van der Waals surface area contributed by atoms with E-state index in [0.717, 1.165) is 0 Å². The van der Waals surface area contributed by atoms with E-state index in [1.165, 1.54) is 0 Å². The molecule has 2 aliphatic rings. The number of carbonyl (C=O) groups is 2. The second kappa shape index (κ2) is 2.42. The van der Waals surface area contributed by atoms with Crippen LogP contribution in [0.1, 0.15) is 13.3 Å². The summed E-state index contributed by atoms with van der Waals surface area (Å²) >= 11 is 0. The molecule has 2 rings (SSSR count). The molecule has 0 spiro atoms. The van der Waals surface area contributed by atoms with Crippen molar-refractivity contribution in [2.75, 3.05) is 6.61 Å². The topological polar surface area (TPSA) is 55.9 Å². The van der Waals surface area contributed by atoms with Crippen molar-refractivity contribution in [3.63, 3.8) is 0 Å². The molecule has 0 aliphatic carbocycles. The molecule has 0 bridgehead atoms. The number of epoxide rings is 1. The van der Waals surface area contributed by atoms with Gasteiger partial charge in [-0.15, -0.1) is 0 Å². The van der Waals surface area contributed by atoms with Crippen LogP contribution in [0.25, 0.3) is 0 Å². The van der Waals surface area contributed by atoms with E-state index in [4.69, 9.17) is 4.74 Å². The van der Waals surface area contributed by atoms with Crippen molar-refractivity contribution in [2.45, 2.75) is 19.4 Å². The van der Waals surface area contributed by atoms with Crippen molar-refractivity contribution in [3.8, 4) is 0 Å². The third-order valence-corrected chi connectivity index (χ3v) is 2.02. The number of ether oxygens (including phenoxy) is 2. The van der Waals surface area contributed by atoms with Crippen LogP contribution in [-0.2, 0) is 19.1 Å². The monoisotopic (exact) mass is 168 g/mol. The number of esters is 2. The largest absolute Gasteiger partial charge is 0.386 e. The molecule has 1 atom stereocenters. The summed E-state index contributed by atoms with van der Waals surface area (Å²) in [5, 5.41) is 0. The highest BCUT2D eigenvalue weighted by molar-refractivity contribution is 6.12. The Kier molecular flexibility index (Phi) is 1.51. The Morgan fingerprint density at radius 3 is 2.50 bits per heavy atom. The van der Waals surface area contributed by atoms with Gasteiger partial charge in [0.1, 0.15) is 0 Å². The Morgan fingerprint density at radius 1 is 1.42 bits per heavy atom. The number of rotatable bonds is 2. The van der Waals surface area contributed by atoms with Crippen molar-refractivity contribution < 1.29 is 19.1 Å². The molecule has 1 saturated heterocycles. The quantitative estimate of drug-likeness (QED) is 0.335. The van der Waals surface area contributed by atoms with E-state index >= 15 is 0 Å². The molecule has 4 heteroatoms. The van der Waals surface area contributed by atoms with Crippen molar-refractivity contribution in [1.29, 1.82) is 0 Å². The predicted octanol–water partition coefficient (Wildman–Crippen LogP) is 0.175. The standard InChI is InChI=1S/C8H8O4/c1-4-6(2-5-3-11-5)8(10)12-7(4)9/h5H,2-3H2,1H3. The molecule has 2 heterocycles. The molecule has 4 nitrogen and oxygen atoms in total. The molecule has 0 N–H and O–H groups in total. The lowest BCUT2D eigenvalue weighted by atomic mass is 10.1. The van der Waals surface area contributed by atoms with Gasteiger partial charge in [-0.05, 0) is 6.92 Å². The lowest BCUT2D eigenvalue weighted by molar-refractivity contribution is -0.151. The van der Waals surface area contributed by atoms with Crippen molar-refractivity contribution >= 4 is 11.9 Å². The van der Waals surface area contributed by atoms with Crippen molar-refractivity contribution in [3.05, 3.63) is 11.1 Å². The number of carbonyl (C=O) groups excluding carboxylic acids is 2. The summed E-state index contributed by atoms with van der Waals surface area (Å²) in [6.07, 6.45) is 0.629. The predicted molar refractivity (Wildman–Crippen MR) is 38.2 cm³/mol. The van der Waals surface area contributed by atoms with Gasteiger partial charge in [0.15, 0.2) is 0 Å². The van der Waals surface area contributed by atoms with E-state index in [1.54, 1.807) is 6.92 Å². The first kappa shape index (κ1) is 7.49. The highest BCUT2D eigenvalue weighted by atomic mass is 16.6. The van der Waals surface area contributed by atoms with Crippen LogP contribution in [-0.4, -0.2) is 24.6 Å². The SMILES string of the molecule is CC1=C(CC2CO2)C(=O)OC1=O. The highest BCUT2D eigenvalue weighted by Crippen LogP contribution is 2.26. The minimum absolute atomic E-state index is 0.119. The van der Waals surface area contributed by atoms with Gasteiger partial charge in [-0.3, -0.25) is 0 Å². The first-order valence-electron chi connectivity index (χ1n) is 3.76. The van der Waals surface area contributed by atoms with E-state index < -0.39 is 11.9 Å². The molecule has 0 aromatic carbocycles. The molecule has 1 fully saturated rings. The third-order valence-electron chi connectivity index (χ3n) is 2.02. The zero-order chi connectivity index (χ0) is 8.72. The number of hydrogen-bond acceptors (Lipinski definition) is 4. The minimum atomic E-state index is -0.518. The van der Waals surface area contributed by atoms with Crippen LogP contribution in [0.5, 0.6) is 0 Å². The Bertz CT molecular complexity index is 285. The summed E-state index contributed by atoms with van der Waals surface area (Å²) in [6.45, 7) is 2.28. The van der Waals surface area contributed by atoms with Crippen LogP contribution >= 0.6 is 0 Å². The van der Waals surface area contributed by atoms with Crippen molar-refractivity contribution in [2.24, 2.45) is 0 Å². The lowest BCUT2D eigenvalue weighted by Gasteiger charge is -1.92. The van der Waals surface area contributed by atoms with Crippen molar-refractivity contribution in [1.82, 2.24) is 0 Å². The Hall–Kier alpha value is -1.16. The molecule has 64 valence electrons. The third kappa shape index (κ3) is 1.14. The summed E-state index contributed by atoms with van der Waals surface area (Å²) in [4.78, 5) is 21.9. The maximum atomic E-state index is 11.0. The molecule has 2 aliphatic heterocycles. The molecule has 12 heavy (non-hydrogen) atoms. The average Bonchev–Trinajstić information content (AvgIpc) is 2.77. The van der Waals surface area contributed by atoms with Crippen LogP contribution in [0, 0.1) is 0 Å². The Labute approximate surface area is 69.1 Å². The summed E-state index contributed by atoms with van der Waals surface area (Å²) < 4.78 is 9.36. The molecule has 0 saturated carbocycles. The van der Waals surface area contributed by atoms with Crippen LogP contribution in [0.2, 0.25) is 0 Å². The van der Waals surface area contributed by atoms with E-state index in [9.17, 15) is 9.59 Å². The first-order valence-corrected chi connectivity index (χ1v) is 3.76. The van der Waals surface area contributed by atoms with Gasteiger partial charge in [0.25, 0.3) is 0 Å². The summed E-state index contributed by atoms with van der Waals surface area (Å²) in [7, 11) is 0. The Morgan fingerprint density at radius 2 is 2.08 bits per heavy atom. The zero-order valence-electron chi connectivity index (χ0n) is 6.62. The molecule has 0 aromatic rings. The Balaban J connectivity index is 2.18. The normalized spacial score (nSPS) is 27.9. The maximum absolute atomic E-state index is 11.0. The van der Waals surface area contributed by atoms with E-state index in [0.29, 0.717) is 24.2 Å². The van der Waals surface area contributed by atoms with Gasteiger partial charge in [-0.25, -0.2) is 9.59 Å². The fourth-order valence-corrected chi connectivity index (χ4v) is 1.15. The summed E-state index contributed by atoms with van der Waals surface area (Å²) in [5.41, 5.74) is 0.901. The smallest absolute Gasteiger partial charge is 0.342 e. The van der Waals surface area contributed by atoms with Gasteiger partial charge in [0.05, 0.1) is 18.3 Å². The summed E-state index contributed by atoms with van der Waals surface area (Å²) in [6, 6.07) is 0. The molecule has 0 radical (unpaired) electrons. The van der Waals surface area contributed by atoms with E-state index in [2.05, 4.69) is 4.74 Å². The summed E-state index contributed by atoms with van der Waals surface area (Å²) in [5.74, 6) is -1.02. The molecule has 1 unspecified atom stereocenters. The van der Waals surface area contributed by atoms with Gasteiger partial charge >= 0.3 is 11.9 Å². The van der Waals surface area contributed by atoms with Crippen LogP contribution in [0.4, 0.5) is 0 Å². The van der Waals surface area contributed by atoms with Gasteiger partial charge in [-0.2, -0.15) is 0 Å². The van der Waals surface area contributed by atoms with Gasteiger partial charge < -0.3 is 9.47 Å². The first-order chi connectivity index (χ1) is 5.68. The molecule has 0 aromatic heterocycles. The van der Waals surface area contributed by atoms with Gasteiger partial charge in [-0.1, -0.05) is 0 Å². The average molecular weight is 168 g/mol. The number of cyclic esters (lactones) is 2. The fourth-order valence-electron chi connectivity index (χ4n) is 1.15. The molecular formula is C8H8O4. The molecular weight excluding hydrogens is 160 g/mol. The second-order valence-electron chi connectivity index (χ2n) is 2.94. The lowest BCUT2D eigenvalue weighted by Crippen LogP contribution is -2.03. The van der Waals surface area contributed by atoms with Gasteiger partial charge in [0.2, 0.25) is 0 Å². The van der Waals surface area contributed by atoms with E-state index in [1.807, 2.05) is 0 Å². The number of hydrogen-bond donors (Lipinski definition) is 0.